The van der Waals surface area contributed by atoms with Gasteiger partial charge in [0.25, 0.3) is 11.8 Å². The highest BCUT2D eigenvalue weighted by Crippen LogP contribution is 2.54. The molecule has 4 rings (SSSR count). The van der Waals surface area contributed by atoms with E-state index in [1.165, 1.54) is 14.2 Å². The number of hydrogen-bond donors (Lipinski definition) is 4. The van der Waals surface area contributed by atoms with Crippen molar-refractivity contribution in [1.82, 2.24) is 5.32 Å². The predicted molar refractivity (Wildman–Crippen MR) is 115 cm³/mol. The first-order valence-electron chi connectivity index (χ1n) is 9.90. The van der Waals surface area contributed by atoms with Crippen LogP contribution in [0.3, 0.4) is 0 Å². The van der Waals surface area contributed by atoms with Gasteiger partial charge in [-0.15, -0.1) is 0 Å². The number of halogens is 1. The molecule has 0 radical (unpaired) electrons. The SMILES string of the molecule is CNC(=O)[C@@H]1C(O)C(O)C[N+]1(C)C1(c2ccccc2OC)C(=O)Nc2ccc(Cl)cc21. The van der Waals surface area contributed by atoms with E-state index in [0.717, 1.165) is 0 Å². The molecule has 4 unspecified atom stereocenters. The highest BCUT2D eigenvalue weighted by Gasteiger charge is 2.71. The van der Waals surface area contributed by atoms with Gasteiger partial charge in [0, 0.05) is 12.1 Å². The number of rotatable bonds is 4. The Morgan fingerprint density at radius 1 is 1.26 bits per heavy atom. The van der Waals surface area contributed by atoms with Gasteiger partial charge in [-0.25, -0.2) is 0 Å². The van der Waals surface area contributed by atoms with Crippen LogP contribution in [-0.2, 0) is 15.1 Å². The third-order valence-electron chi connectivity index (χ3n) is 6.62. The number of carbonyl (C=O) groups excluding carboxylic acids is 2. The first-order valence-corrected chi connectivity index (χ1v) is 10.3. The van der Waals surface area contributed by atoms with E-state index in [1.807, 2.05) is 0 Å². The number of fused-ring (bicyclic) bond motifs is 1. The third kappa shape index (κ3) is 2.79. The molecule has 8 nitrogen and oxygen atoms in total. The summed E-state index contributed by atoms with van der Waals surface area (Å²) in [6, 6.07) is 11.0. The van der Waals surface area contributed by atoms with E-state index in [9.17, 15) is 19.8 Å². The summed E-state index contributed by atoms with van der Waals surface area (Å²) in [6.07, 6.45) is -2.58. The number of anilines is 1. The molecule has 1 saturated heterocycles. The van der Waals surface area contributed by atoms with Gasteiger partial charge in [-0.2, -0.15) is 0 Å². The van der Waals surface area contributed by atoms with Crippen molar-refractivity contribution in [1.29, 1.82) is 0 Å². The largest absolute Gasteiger partial charge is 0.496 e. The number of ether oxygens (including phenoxy) is 1. The molecule has 0 saturated carbocycles. The first kappa shape index (κ1) is 21.6. The van der Waals surface area contributed by atoms with Crippen LogP contribution in [0.25, 0.3) is 0 Å². The van der Waals surface area contributed by atoms with Gasteiger partial charge in [0.2, 0.25) is 5.54 Å². The van der Waals surface area contributed by atoms with Crippen molar-refractivity contribution in [3.05, 3.63) is 58.6 Å². The summed E-state index contributed by atoms with van der Waals surface area (Å²) in [5.74, 6) is -0.438. The molecule has 164 valence electrons. The van der Waals surface area contributed by atoms with Crippen LogP contribution in [-0.4, -0.2) is 72.5 Å². The summed E-state index contributed by atoms with van der Waals surface area (Å²) in [5.41, 5.74) is 0.0924. The maximum atomic E-state index is 13.9. The van der Waals surface area contributed by atoms with Gasteiger partial charge in [-0.05, 0) is 30.3 Å². The van der Waals surface area contributed by atoms with Gasteiger partial charge in [0.05, 0.1) is 31.0 Å². The number of hydrogen-bond acceptors (Lipinski definition) is 5. The Bertz CT molecular complexity index is 1060. The topological polar surface area (TPSA) is 108 Å². The minimum absolute atomic E-state index is 0.0450. The van der Waals surface area contributed by atoms with Crippen molar-refractivity contribution in [2.45, 2.75) is 23.8 Å². The van der Waals surface area contributed by atoms with Gasteiger partial charge in [0.1, 0.15) is 24.5 Å². The van der Waals surface area contributed by atoms with E-state index in [0.29, 0.717) is 27.6 Å². The van der Waals surface area contributed by atoms with Crippen LogP contribution in [0.5, 0.6) is 5.75 Å². The van der Waals surface area contributed by atoms with Gasteiger partial charge in [0.15, 0.2) is 6.04 Å². The van der Waals surface area contributed by atoms with Crippen molar-refractivity contribution < 1.29 is 29.0 Å². The number of benzene rings is 2. The number of carbonyl (C=O) groups is 2. The Hall–Kier alpha value is -2.65. The number of methoxy groups -OCH3 is 1. The molecular weight excluding hydrogens is 422 g/mol. The van der Waals surface area contributed by atoms with Crippen molar-refractivity contribution >= 4 is 29.1 Å². The zero-order valence-electron chi connectivity index (χ0n) is 17.4. The number of quaternary nitrogens is 1. The smallest absolute Gasteiger partial charge is 0.295 e. The van der Waals surface area contributed by atoms with E-state index in [-0.39, 0.29) is 11.0 Å². The lowest BCUT2D eigenvalue weighted by Gasteiger charge is -2.48. The lowest BCUT2D eigenvalue weighted by Crippen LogP contribution is -2.70. The number of aliphatic hydroxyl groups is 2. The zero-order chi connectivity index (χ0) is 22.6. The van der Waals surface area contributed by atoms with Crippen LogP contribution in [0.1, 0.15) is 11.1 Å². The molecule has 0 aromatic heterocycles. The van der Waals surface area contributed by atoms with Gasteiger partial charge < -0.3 is 25.6 Å². The Balaban J connectivity index is 2.13. The highest BCUT2D eigenvalue weighted by atomic mass is 35.5. The summed E-state index contributed by atoms with van der Waals surface area (Å²) in [5, 5.41) is 27.4. The molecule has 2 aromatic rings. The summed E-state index contributed by atoms with van der Waals surface area (Å²) in [4.78, 5) is 26.8. The fourth-order valence-corrected chi connectivity index (χ4v) is 5.49. The van der Waals surface area contributed by atoms with Crippen molar-refractivity contribution in [3.63, 3.8) is 0 Å². The Kier molecular flexibility index (Phi) is 5.21. The van der Waals surface area contributed by atoms with Gasteiger partial charge in [-0.3, -0.25) is 14.1 Å². The Morgan fingerprint density at radius 2 is 1.97 bits per heavy atom. The van der Waals surface area contributed by atoms with E-state index >= 15 is 0 Å². The highest BCUT2D eigenvalue weighted by molar-refractivity contribution is 6.31. The van der Waals surface area contributed by atoms with Gasteiger partial charge in [-0.1, -0.05) is 23.7 Å². The number of aliphatic hydroxyl groups excluding tert-OH is 2. The van der Waals surface area contributed by atoms with Crippen LogP contribution in [0, 0.1) is 0 Å². The fourth-order valence-electron chi connectivity index (χ4n) is 5.32. The molecule has 4 N–H and O–H groups in total. The lowest BCUT2D eigenvalue weighted by atomic mass is 9.78. The monoisotopic (exact) mass is 446 g/mol. The van der Waals surface area contributed by atoms with Crippen LogP contribution in [0.2, 0.25) is 5.02 Å². The van der Waals surface area contributed by atoms with E-state index in [2.05, 4.69) is 10.6 Å². The molecule has 9 heteroatoms. The van der Waals surface area contributed by atoms with E-state index in [4.69, 9.17) is 16.3 Å². The molecule has 2 heterocycles. The standard InChI is InChI=1S/C22H24ClN3O5/c1-24-20(29)18-19(28)16(27)11-26(18,2)22(13-6-4-5-7-17(13)31-3)14-10-12(23)8-9-15(14)25-21(22)30/h4-10,16,18-19,27-28H,11H2,1-3H3,(H-,24,25,29,30)/p+1/t16?,18-,19?,22?,26?/m0/s1. The van der Waals surface area contributed by atoms with Crippen LogP contribution in [0.15, 0.2) is 42.5 Å². The summed E-state index contributed by atoms with van der Waals surface area (Å²) in [7, 11) is 4.66. The molecule has 31 heavy (non-hydrogen) atoms. The van der Waals surface area contributed by atoms with Gasteiger partial charge >= 0.3 is 0 Å². The molecule has 5 atom stereocenters. The predicted octanol–water partition coefficient (Wildman–Crippen LogP) is 0.841. The van der Waals surface area contributed by atoms with Crippen LogP contribution >= 0.6 is 11.6 Å². The minimum atomic E-state index is -1.51. The molecule has 2 aliphatic rings. The third-order valence-corrected chi connectivity index (χ3v) is 6.86. The van der Waals surface area contributed by atoms with Crippen LogP contribution in [0.4, 0.5) is 5.69 Å². The van der Waals surface area contributed by atoms with Crippen LogP contribution < -0.4 is 15.4 Å². The summed E-state index contributed by atoms with van der Waals surface area (Å²) < 4.78 is 5.31. The molecule has 2 aliphatic heterocycles. The normalized spacial score (nSPS) is 31.8. The molecule has 2 amide bonds. The second kappa shape index (κ2) is 7.49. The minimum Gasteiger partial charge on any atom is -0.496 e. The number of nitrogens with zero attached hydrogens (tertiary/aromatic N) is 1. The molecule has 0 spiro atoms. The summed E-state index contributed by atoms with van der Waals surface area (Å²) in [6.45, 7) is -0.0450. The Labute approximate surface area is 185 Å². The zero-order valence-corrected chi connectivity index (χ0v) is 18.2. The number of likely N-dealkylation sites (tertiary alicyclic amines) is 1. The summed E-state index contributed by atoms with van der Waals surface area (Å²) >= 11 is 6.34. The Morgan fingerprint density at radius 3 is 2.65 bits per heavy atom. The molecule has 0 aliphatic carbocycles. The van der Waals surface area contributed by atoms with Crippen molar-refractivity contribution in [3.8, 4) is 5.75 Å². The average Bonchev–Trinajstić information content (AvgIpc) is 3.17. The number of amides is 2. The van der Waals surface area contributed by atoms with Crippen molar-refractivity contribution in [2.75, 3.05) is 33.1 Å². The molecular formula is C22H25ClN3O5+. The fraction of sp³-hybridized carbons (Fsp3) is 0.364. The number of para-hydroxylation sites is 1. The molecule has 0 bridgehead atoms. The van der Waals surface area contributed by atoms with Crippen molar-refractivity contribution in [2.24, 2.45) is 0 Å². The first-order chi connectivity index (χ1) is 14.7. The number of nitrogens with one attached hydrogen (secondary N) is 2. The van der Waals surface area contributed by atoms with E-state index in [1.54, 1.807) is 49.5 Å². The molecule has 2 aromatic carbocycles. The van der Waals surface area contributed by atoms with E-state index < -0.39 is 35.6 Å². The quantitative estimate of drug-likeness (QED) is 0.521. The molecule has 1 fully saturated rings. The average molecular weight is 447 g/mol. The maximum absolute atomic E-state index is 13.9. The second-order valence-electron chi connectivity index (χ2n) is 8.12. The second-order valence-corrected chi connectivity index (χ2v) is 8.56. The maximum Gasteiger partial charge on any atom is 0.295 e. The lowest BCUT2D eigenvalue weighted by molar-refractivity contribution is -0.954. The number of likely N-dealkylation sites (N-methyl/N-ethyl adjacent to an activating group) is 2.